The van der Waals surface area contributed by atoms with E-state index >= 15 is 0 Å². The summed E-state index contributed by atoms with van der Waals surface area (Å²) in [4.78, 5) is 27.3. The Labute approximate surface area is 213 Å². The summed E-state index contributed by atoms with van der Waals surface area (Å²) in [5.74, 6) is 0.217. The van der Waals surface area contributed by atoms with Crippen molar-refractivity contribution in [2.75, 3.05) is 23.7 Å². The zero-order valence-electron chi connectivity index (χ0n) is 19.7. The number of hydrogen-bond acceptors (Lipinski definition) is 3. The number of carbonyl (C=O) groups is 2. The minimum Gasteiger partial charge on any atom is -0.315 e. The number of urea groups is 1. The summed E-state index contributed by atoms with van der Waals surface area (Å²) in [6, 6.07) is 16.1. The van der Waals surface area contributed by atoms with Crippen LogP contribution in [0.15, 0.2) is 59.1 Å². The smallest absolute Gasteiger partial charge is 0.315 e. The summed E-state index contributed by atoms with van der Waals surface area (Å²) in [5.41, 5.74) is 2.04. The highest BCUT2D eigenvalue weighted by Gasteiger charge is 2.23. The molecule has 3 amide bonds. The molecule has 34 heavy (non-hydrogen) atoms. The van der Waals surface area contributed by atoms with Crippen LogP contribution in [-0.4, -0.2) is 39.7 Å². The monoisotopic (exact) mass is 545 g/mol. The lowest BCUT2D eigenvalue weighted by Crippen LogP contribution is -2.41. The zero-order valence-corrected chi connectivity index (χ0v) is 22.1. The summed E-state index contributed by atoms with van der Waals surface area (Å²) in [6.07, 6.45) is 0.718. The van der Waals surface area contributed by atoms with Crippen molar-refractivity contribution in [3.8, 4) is 5.69 Å². The standard InChI is InChI=1S/C25H29BrClN5O2/c1-5-13-31(24(34)28-19-8-6-7-17(26)14-19)16-23(33)29-22-15-21(25(2,3)4)30-32(22)20-11-9-18(27)10-12-20/h6-12,14-15H,5,13,16H2,1-4H3,(H,28,34)(H,29,33). The minimum absolute atomic E-state index is 0.0929. The Kier molecular flexibility index (Phi) is 8.38. The van der Waals surface area contributed by atoms with Gasteiger partial charge in [-0.15, -0.1) is 0 Å². The van der Waals surface area contributed by atoms with Crippen LogP contribution >= 0.6 is 27.5 Å². The van der Waals surface area contributed by atoms with Crippen molar-refractivity contribution in [3.05, 3.63) is 69.8 Å². The molecule has 0 saturated carbocycles. The number of nitrogens with one attached hydrogen (secondary N) is 2. The van der Waals surface area contributed by atoms with Crippen molar-refractivity contribution in [2.45, 2.75) is 39.5 Å². The number of hydrogen-bond donors (Lipinski definition) is 2. The fourth-order valence-electron chi connectivity index (χ4n) is 3.26. The van der Waals surface area contributed by atoms with Crippen LogP contribution in [0.25, 0.3) is 5.69 Å². The van der Waals surface area contributed by atoms with Gasteiger partial charge in [-0.3, -0.25) is 4.79 Å². The summed E-state index contributed by atoms with van der Waals surface area (Å²) < 4.78 is 2.54. The number of nitrogens with zero attached hydrogens (tertiary/aromatic N) is 3. The van der Waals surface area contributed by atoms with Crippen molar-refractivity contribution < 1.29 is 9.59 Å². The average Bonchev–Trinajstić information content (AvgIpc) is 3.18. The van der Waals surface area contributed by atoms with E-state index in [1.165, 1.54) is 4.90 Å². The van der Waals surface area contributed by atoms with E-state index in [1.807, 2.05) is 37.3 Å². The van der Waals surface area contributed by atoms with Crippen LogP contribution in [-0.2, 0) is 10.2 Å². The molecular formula is C25H29BrClN5O2. The highest BCUT2D eigenvalue weighted by atomic mass is 79.9. The molecule has 0 atom stereocenters. The molecule has 7 nitrogen and oxygen atoms in total. The molecule has 0 aliphatic heterocycles. The molecular weight excluding hydrogens is 518 g/mol. The van der Waals surface area contributed by atoms with E-state index in [9.17, 15) is 9.59 Å². The highest BCUT2D eigenvalue weighted by molar-refractivity contribution is 9.10. The number of amides is 3. The predicted octanol–water partition coefficient (Wildman–Crippen LogP) is 6.47. The first kappa shape index (κ1) is 25.8. The molecule has 1 heterocycles. The Hall–Kier alpha value is -2.84. The Morgan fingerprint density at radius 1 is 1.09 bits per heavy atom. The third kappa shape index (κ3) is 6.84. The average molecular weight is 547 g/mol. The summed E-state index contributed by atoms with van der Waals surface area (Å²) in [5, 5.41) is 11.1. The van der Waals surface area contributed by atoms with E-state index in [4.69, 9.17) is 16.7 Å². The minimum atomic E-state index is -0.336. The maximum absolute atomic E-state index is 13.0. The normalized spacial score (nSPS) is 11.2. The molecule has 0 fully saturated rings. The SMILES string of the molecule is CCCN(CC(=O)Nc1cc(C(C)(C)C)nn1-c1ccc(Cl)cc1)C(=O)Nc1cccc(Br)c1. The maximum atomic E-state index is 13.0. The van der Waals surface area contributed by atoms with Gasteiger partial charge >= 0.3 is 6.03 Å². The summed E-state index contributed by atoms with van der Waals surface area (Å²) >= 11 is 9.44. The maximum Gasteiger partial charge on any atom is 0.322 e. The van der Waals surface area contributed by atoms with Gasteiger partial charge in [-0.25, -0.2) is 9.48 Å². The van der Waals surface area contributed by atoms with Crippen molar-refractivity contribution in [3.63, 3.8) is 0 Å². The van der Waals surface area contributed by atoms with Gasteiger partial charge in [0, 0.05) is 33.2 Å². The van der Waals surface area contributed by atoms with Gasteiger partial charge in [-0.2, -0.15) is 5.10 Å². The van der Waals surface area contributed by atoms with Crippen LogP contribution < -0.4 is 10.6 Å². The number of halogens is 2. The van der Waals surface area contributed by atoms with E-state index < -0.39 is 0 Å². The van der Waals surface area contributed by atoms with Crippen LogP contribution in [0.4, 0.5) is 16.3 Å². The van der Waals surface area contributed by atoms with E-state index in [2.05, 4.69) is 47.3 Å². The topological polar surface area (TPSA) is 79.3 Å². The van der Waals surface area contributed by atoms with Crippen molar-refractivity contribution in [1.29, 1.82) is 0 Å². The van der Waals surface area contributed by atoms with Crippen molar-refractivity contribution in [1.82, 2.24) is 14.7 Å². The van der Waals surface area contributed by atoms with Crippen LogP contribution in [0, 0.1) is 0 Å². The molecule has 0 aliphatic carbocycles. The fraction of sp³-hybridized carbons (Fsp3) is 0.320. The van der Waals surface area contributed by atoms with Gasteiger partial charge in [-0.1, -0.05) is 61.3 Å². The predicted molar refractivity (Wildman–Crippen MR) is 141 cm³/mol. The molecule has 0 bridgehead atoms. The lowest BCUT2D eigenvalue weighted by Gasteiger charge is -2.22. The van der Waals surface area contributed by atoms with Crippen LogP contribution in [0.5, 0.6) is 0 Å². The number of anilines is 2. The molecule has 3 rings (SSSR count). The van der Waals surface area contributed by atoms with Gasteiger partial charge in [0.15, 0.2) is 0 Å². The molecule has 1 aromatic heterocycles. The van der Waals surface area contributed by atoms with Gasteiger partial charge < -0.3 is 15.5 Å². The molecule has 2 aromatic carbocycles. The van der Waals surface area contributed by atoms with Crippen molar-refractivity contribution in [2.24, 2.45) is 0 Å². The molecule has 0 aliphatic rings. The number of aromatic nitrogens is 2. The van der Waals surface area contributed by atoms with Crippen molar-refractivity contribution >= 4 is 51.0 Å². The zero-order chi connectivity index (χ0) is 24.9. The van der Waals surface area contributed by atoms with E-state index in [0.29, 0.717) is 23.1 Å². The van der Waals surface area contributed by atoms with Gasteiger partial charge in [0.2, 0.25) is 5.91 Å². The quantitative estimate of drug-likeness (QED) is 0.356. The Balaban J connectivity index is 1.79. The van der Waals surface area contributed by atoms with Gasteiger partial charge in [-0.05, 0) is 48.9 Å². The van der Waals surface area contributed by atoms with Gasteiger partial charge in [0.25, 0.3) is 0 Å². The van der Waals surface area contributed by atoms with E-state index in [0.717, 1.165) is 22.3 Å². The third-order valence-corrected chi connectivity index (χ3v) is 5.75. The Morgan fingerprint density at radius 3 is 2.41 bits per heavy atom. The summed E-state index contributed by atoms with van der Waals surface area (Å²) in [7, 11) is 0. The number of rotatable bonds is 7. The first-order valence-electron chi connectivity index (χ1n) is 11.0. The Bertz CT molecular complexity index is 1150. The fourth-order valence-corrected chi connectivity index (χ4v) is 3.79. The second-order valence-electron chi connectivity index (χ2n) is 8.96. The second kappa shape index (κ2) is 11.1. The highest BCUT2D eigenvalue weighted by Crippen LogP contribution is 2.27. The first-order chi connectivity index (χ1) is 16.1. The lowest BCUT2D eigenvalue weighted by atomic mass is 9.92. The third-order valence-electron chi connectivity index (χ3n) is 5.01. The second-order valence-corrected chi connectivity index (χ2v) is 10.3. The van der Waals surface area contributed by atoms with E-state index in [-0.39, 0.29) is 23.9 Å². The van der Waals surface area contributed by atoms with Gasteiger partial charge in [0.05, 0.1) is 11.4 Å². The van der Waals surface area contributed by atoms with Crippen LogP contribution in [0.2, 0.25) is 5.02 Å². The molecule has 180 valence electrons. The van der Waals surface area contributed by atoms with Gasteiger partial charge in [0.1, 0.15) is 12.4 Å². The van der Waals surface area contributed by atoms with Crippen LogP contribution in [0.1, 0.15) is 39.8 Å². The van der Waals surface area contributed by atoms with Crippen LogP contribution in [0.3, 0.4) is 0 Å². The molecule has 0 saturated heterocycles. The molecule has 3 aromatic rings. The summed E-state index contributed by atoms with van der Waals surface area (Å²) in [6.45, 7) is 8.48. The largest absolute Gasteiger partial charge is 0.322 e. The molecule has 0 unspecified atom stereocenters. The molecule has 2 N–H and O–H groups in total. The lowest BCUT2D eigenvalue weighted by molar-refractivity contribution is -0.116. The number of benzene rings is 2. The Morgan fingerprint density at radius 2 is 1.79 bits per heavy atom. The van der Waals surface area contributed by atoms with E-state index in [1.54, 1.807) is 28.9 Å². The molecule has 0 radical (unpaired) electrons. The molecule has 0 spiro atoms. The molecule has 9 heteroatoms. The first-order valence-corrected chi connectivity index (χ1v) is 12.2. The number of carbonyl (C=O) groups excluding carboxylic acids is 2.